The molecule has 0 saturated heterocycles. The molecule has 0 aliphatic heterocycles. The first kappa shape index (κ1) is 26.1. The van der Waals surface area contributed by atoms with Crippen LogP contribution in [-0.2, 0) is 4.79 Å². The van der Waals surface area contributed by atoms with Crippen LogP contribution < -0.4 is 14.8 Å². The quantitative estimate of drug-likeness (QED) is 0.247. The van der Waals surface area contributed by atoms with Gasteiger partial charge in [0.25, 0.3) is 0 Å². The van der Waals surface area contributed by atoms with Gasteiger partial charge in [-0.1, -0.05) is 59.8 Å². The highest BCUT2D eigenvalue weighted by molar-refractivity contribution is 8.00. The molecule has 4 aromatic rings. The number of aryl methyl sites for hydroxylation is 1. The summed E-state index contributed by atoms with van der Waals surface area (Å²) in [5, 5.41) is 14.1. The van der Waals surface area contributed by atoms with Crippen LogP contribution in [0.15, 0.2) is 77.8 Å². The van der Waals surface area contributed by atoms with Crippen LogP contribution in [0.1, 0.15) is 11.1 Å². The lowest BCUT2D eigenvalue weighted by Gasteiger charge is -2.15. The molecule has 3 aromatic carbocycles. The van der Waals surface area contributed by atoms with E-state index in [9.17, 15) is 10.1 Å². The van der Waals surface area contributed by atoms with E-state index in [1.165, 1.54) is 11.8 Å². The average molecular weight is 530 g/mol. The standard InChI is InChI=1S/C29H24ClN3O3S/c1-18-6-4-5-7-24(18)32-28(34)17-37-29-23(16-31)22(20-10-13-26(35-2)27(14-20)36-3)15-25(33-29)19-8-11-21(30)12-9-19/h4-15H,17H2,1-3H3,(H,32,34). The summed E-state index contributed by atoms with van der Waals surface area (Å²) in [7, 11) is 3.13. The fraction of sp³-hybridized carbons (Fsp3) is 0.138. The number of hydrogen-bond acceptors (Lipinski definition) is 6. The number of carbonyl (C=O) groups excluding carboxylic acids is 1. The predicted molar refractivity (Wildman–Crippen MR) is 148 cm³/mol. The molecular weight excluding hydrogens is 506 g/mol. The maximum atomic E-state index is 12.8. The number of carbonyl (C=O) groups is 1. The van der Waals surface area contributed by atoms with Gasteiger partial charge in [0.2, 0.25) is 5.91 Å². The van der Waals surface area contributed by atoms with Crippen molar-refractivity contribution in [1.29, 1.82) is 5.26 Å². The number of amides is 1. The second-order valence-corrected chi connectivity index (χ2v) is 9.48. The molecule has 1 N–H and O–H groups in total. The topological polar surface area (TPSA) is 84.2 Å². The second kappa shape index (κ2) is 11.8. The molecule has 8 heteroatoms. The van der Waals surface area contributed by atoms with Crippen LogP contribution in [0.2, 0.25) is 5.02 Å². The van der Waals surface area contributed by atoms with Crippen molar-refractivity contribution in [1.82, 2.24) is 4.98 Å². The molecule has 0 unspecified atom stereocenters. The van der Waals surface area contributed by atoms with Crippen molar-refractivity contribution in [2.24, 2.45) is 0 Å². The summed E-state index contributed by atoms with van der Waals surface area (Å²) in [5.74, 6) is 1.03. The van der Waals surface area contributed by atoms with Gasteiger partial charge in [0.05, 0.1) is 31.2 Å². The number of para-hydroxylation sites is 1. The van der Waals surface area contributed by atoms with E-state index < -0.39 is 0 Å². The Bertz CT molecular complexity index is 1480. The molecule has 0 aliphatic rings. The summed E-state index contributed by atoms with van der Waals surface area (Å²) < 4.78 is 10.8. The van der Waals surface area contributed by atoms with Crippen molar-refractivity contribution < 1.29 is 14.3 Å². The molecule has 6 nitrogen and oxygen atoms in total. The molecule has 0 atom stereocenters. The van der Waals surface area contributed by atoms with Gasteiger partial charge >= 0.3 is 0 Å². The number of hydrogen-bond donors (Lipinski definition) is 1. The van der Waals surface area contributed by atoms with Crippen LogP contribution >= 0.6 is 23.4 Å². The van der Waals surface area contributed by atoms with Gasteiger partial charge in [-0.05, 0) is 54.4 Å². The Kier molecular flexibility index (Phi) is 8.34. The van der Waals surface area contributed by atoms with Gasteiger partial charge in [0, 0.05) is 21.8 Å². The number of methoxy groups -OCH3 is 2. The van der Waals surface area contributed by atoms with E-state index >= 15 is 0 Å². The van der Waals surface area contributed by atoms with E-state index in [1.807, 2.05) is 61.5 Å². The number of ether oxygens (including phenoxy) is 2. The minimum atomic E-state index is -0.186. The Morgan fingerprint density at radius 1 is 1.00 bits per heavy atom. The summed E-state index contributed by atoms with van der Waals surface area (Å²) in [6, 6.07) is 24.5. The van der Waals surface area contributed by atoms with E-state index in [4.69, 9.17) is 26.1 Å². The van der Waals surface area contributed by atoms with Crippen molar-refractivity contribution in [2.75, 3.05) is 25.3 Å². The summed E-state index contributed by atoms with van der Waals surface area (Å²) in [5.41, 5.74) is 5.02. The summed E-state index contributed by atoms with van der Waals surface area (Å²) in [4.78, 5) is 17.5. The zero-order valence-electron chi connectivity index (χ0n) is 20.5. The van der Waals surface area contributed by atoms with Crippen LogP contribution in [-0.4, -0.2) is 30.9 Å². The SMILES string of the molecule is COc1ccc(-c2cc(-c3ccc(Cl)cc3)nc(SCC(=O)Nc3ccccc3C)c2C#N)cc1OC. The number of anilines is 1. The molecule has 0 spiro atoms. The number of aromatic nitrogens is 1. The molecule has 0 bridgehead atoms. The zero-order chi connectivity index (χ0) is 26.4. The number of halogens is 1. The first-order valence-corrected chi connectivity index (χ1v) is 12.7. The fourth-order valence-corrected chi connectivity index (χ4v) is 4.70. The largest absolute Gasteiger partial charge is 0.493 e. The molecule has 37 heavy (non-hydrogen) atoms. The molecule has 1 amide bonds. The molecule has 0 aliphatic carbocycles. The first-order chi connectivity index (χ1) is 17.9. The Morgan fingerprint density at radius 2 is 1.70 bits per heavy atom. The van der Waals surface area contributed by atoms with E-state index in [2.05, 4.69) is 11.4 Å². The van der Waals surface area contributed by atoms with Gasteiger partial charge in [0.1, 0.15) is 11.1 Å². The van der Waals surface area contributed by atoms with Gasteiger partial charge in [-0.3, -0.25) is 4.79 Å². The smallest absolute Gasteiger partial charge is 0.234 e. The molecule has 0 saturated carbocycles. The van der Waals surface area contributed by atoms with Gasteiger partial charge in [-0.25, -0.2) is 4.98 Å². The number of thioether (sulfide) groups is 1. The number of rotatable bonds is 8. The number of nitriles is 1. The molecular formula is C29H24ClN3O3S. The van der Waals surface area contributed by atoms with Gasteiger partial charge in [-0.2, -0.15) is 5.26 Å². The maximum Gasteiger partial charge on any atom is 0.234 e. The fourth-order valence-electron chi connectivity index (χ4n) is 3.77. The van der Waals surface area contributed by atoms with Crippen molar-refractivity contribution in [3.63, 3.8) is 0 Å². The lowest BCUT2D eigenvalue weighted by atomic mass is 9.99. The van der Waals surface area contributed by atoms with Gasteiger partial charge < -0.3 is 14.8 Å². The highest BCUT2D eigenvalue weighted by Gasteiger charge is 2.18. The summed E-state index contributed by atoms with van der Waals surface area (Å²) >= 11 is 7.31. The van der Waals surface area contributed by atoms with Crippen molar-refractivity contribution in [3.05, 3.63) is 88.9 Å². The average Bonchev–Trinajstić information content (AvgIpc) is 2.92. The van der Waals surface area contributed by atoms with Gasteiger partial charge in [0.15, 0.2) is 11.5 Å². The third-order valence-corrected chi connectivity index (χ3v) is 6.92. The Balaban J connectivity index is 1.75. The lowest BCUT2D eigenvalue weighted by molar-refractivity contribution is -0.113. The molecule has 186 valence electrons. The Hall–Kier alpha value is -3.99. The molecule has 4 rings (SSSR count). The van der Waals surface area contributed by atoms with Crippen LogP contribution in [0.3, 0.4) is 0 Å². The van der Waals surface area contributed by atoms with Crippen molar-refractivity contribution in [3.8, 4) is 40.0 Å². The van der Waals surface area contributed by atoms with E-state index in [0.717, 1.165) is 22.4 Å². The second-order valence-electron chi connectivity index (χ2n) is 8.08. The van der Waals surface area contributed by atoms with E-state index in [-0.39, 0.29) is 11.7 Å². The number of nitrogens with one attached hydrogen (secondary N) is 1. The number of benzene rings is 3. The normalized spacial score (nSPS) is 10.5. The van der Waals surface area contributed by atoms with Crippen molar-refractivity contribution >= 4 is 35.0 Å². The number of nitrogens with zero attached hydrogens (tertiary/aromatic N) is 2. The van der Waals surface area contributed by atoms with Crippen LogP contribution in [0, 0.1) is 18.3 Å². The highest BCUT2D eigenvalue weighted by Crippen LogP contribution is 2.38. The summed E-state index contributed by atoms with van der Waals surface area (Å²) in [6.45, 7) is 1.93. The predicted octanol–water partition coefficient (Wildman–Crippen LogP) is 7.00. The monoisotopic (exact) mass is 529 g/mol. The maximum absolute atomic E-state index is 12.8. The van der Waals surface area contributed by atoms with Crippen LogP contribution in [0.25, 0.3) is 22.4 Å². The third kappa shape index (κ3) is 6.05. The zero-order valence-corrected chi connectivity index (χ0v) is 22.1. The molecule has 0 fully saturated rings. The summed E-state index contributed by atoms with van der Waals surface area (Å²) in [6.07, 6.45) is 0. The Morgan fingerprint density at radius 3 is 2.38 bits per heavy atom. The van der Waals surface area contributed by atoms with Crippen LogP contribution in [0.5, 0.6) is 11.5 Å². The minimum absolute atomic E-state index is 0.0887. The highest BCUT2D eigenvalue weighted by atomic mass is 35.5. The first-order valence-electron chi connectivity index (χ1n) is 11.3. The minimum Gasteiger partial charge on any atom is -0.493 e. The van der Waals surface area contributed by atoms with Crippen LogP contribution in [0.4, 0.5) is 5.69 Å². The van der Waals surface area contributed by atoms with Gasteiger partial charge in [-0.15, -0.1) is 0 Å². The molecule has 1 heterocycles. The van der Waals surface area contributed by atoms with Crippen molar-refractivity contribution in [2.45, 2.75) is 11.9 Å². The molecule has 1 aromatic heterocycles. The third-order valence-electron chi connectivity index (χ3n) is 5.69. The lowest BCUT2D eigenvalue weighted by Crippen LogP contribution is -2.15. The van der Waals surface area contributed by atoms with E-state index in [1.54, 1.807) is 32.4 Å². The number of pyridine rings is 1. The molecule has 0 radical (unpaired) electrons. The van der Waals surface area contributed by atoms with E-state index in [0.29, 0.717) is 38.4 Å². The Labute approximate surface area is 225 Å².